The molecule has 1 amide bonds. The fourth-order valence-corrected chi connectivity index (χ4v) is 4.18. The number of anilines is 1. The summed E-state index contributed by atoms with van der Waals surface area (Å²) < 4.78 is 2.09. The molecule has 1 N–H and O–H groups in total. The molecule has 0 aliphatic carbocycles. The van der Waals surface area contributed by atoms with Crippen molar-refractivity contribution in [3.63, 3.8) is 0 Å². The van der Waals surface area contributed by atoms with Crippen molar-refractivity contribution in [3.8, 4) is 0 Å². The topological polar surface area (TPSA) is 59.8 Å². The first-order chi connectivity index (χ1) is 14.2. The molecular weight excluding hydrogens is 380 g/mol. The predicted octanol–water partition coefficient (Wildman–Crippen LogP) is 4.74. The number of hydrogen-bond acceptors (Lipinski definition) is 4. The van der Waals surface area contributed by atoms with Gasteiger partial charge >= 0.3 is 0 Å². The Labute approximate surface area is 176 Å². The Morgan fingerprint density at radius 2 is 1.66 bits per heavy atom. The van der Waals surface area contributed by atoms with Crippen LogP contribution in [0.2, 0.25) is 0 Å². The molecule has 0 atom stereocenters. The van der Waals surface area contributed by atoms with Gasteiger partial charge in [0.05, 0.1) is 5.75 Å². The normalized spacial score (nSPS) is 10.9. The second-order valence-electron chi connectivity index (χ2n) is 6.80. The third-order valence-corrected chi connectivity index (χ3v) is 5.88. The number of hydrogen-bond donors (Lipinski definition) is 1. The lowest BCUT2D eigenvalue weighted by Gasteiger charge is -2.14. The summed E-state index contributed by atoms with van der Waals surface area (Å²) in [4.78, 5) is 12.6. The van der Waals surface area contributed by atoms with Gasteiger partial charge in [-0.05, 0) is 36.5 Å². The van der Waals surface area contributed by atoms with Crippen LogP contribution in [-0.2, 0) is 30.6 Å². The summed E-state index contributed by atoms with van der Waals surface area (Å²) in [5.74, 6) is 1.22. The molecule has 0 saturated heterocycles. The number of amides is 1. The van der Waals surface area contributed by atoms with Crippen molar-refractivity contribution in [1.82, 2.24) is 14.8 Å². The van der Waals surface area contributed by atoms with Gasteiger partial charge in [0.15, 0.2) is 5.16 Å². The largest absolute Gasteiger partial charge is 0.325 e. The first-order valence-corrected chi connectivity index (χ1v) is 11.1. The van der Waals surface area contributed by atoms with Crippen molar-refractivity contribution in [1.29, 1.82) is 0 Å². The lowest BCUT2D eigenvalue weighted by molar-refractivity contribution is -0.113. The Morgan fingerprint density at radius 1 is 0.966 bits per heavy atom. The Balaban J connectivity index is 1.67. The van der Waals surface area contributed by atoms with E-state index in [1.165, 1.54) is 28.5 Å². The molecule has 5 nitrogen and oxygen atoms in total. The van der Waals surface area contributed by atoms with Crippen LogP contribution in [0.1, 0.15) is 43.3 Å². The smallest absolute Gasteiger partial charge is 0.234 e. The first kappa shape index (κ1) is 21.1. The van der Waals surface area contributed by atoms with Gasteiger partial charge < -0.3 is 9.88 Å². The van der Waals surface area contributed by atoms with Crippen LogP contribution in [0.4, 0.5) is 5.69 Å². The minimum Gasteiger partial charge on any atom is -0.325 e. The third-order valence-electron chi connectivity index (χ3n) is 4.91. The zero-order valence-electron chi connectivity index (χ0n) is 17.3. The zero-order valence-corrected chi connectivity index (χ0v) is 18.1. The molecule has 3 rings (SSSR count). The third kappa shape index (κ3) is 5.26. The molecule has 0 aliphatic heterocycles. The van der Waals surface area contributed by atoms with Crippen molar-refractivity contribution in [2.75, 3.05) is 11.1 Å². The molecule has 0 bridgehead atoms. The second-order valence-corrected chi connectivity index (χ2v) is 7.74. The molecule has 0 unspecified atom stereocenters. The zero-order chi connectivity index (χ0) is 20.6. The van der Waals surface area contributed by atoms with Gasteiger partial charge in [-0.1, -0.05) is 74.1 Å². The molecule has 2 aromatic carbocycles. The number of carbonyl (C=O) groups excluding carboxylic acids is 1. The van der Waals surface area contributed by atoms with Crippen molar-refractivity contribution in [2.45, 2.75) is 51.7 Å². The van der Waals surface area contributed by atoms with Crippen molar-refractivity contribution >= 4 is 23.4 Å². The quantitative estimate of drug-likeness (QED) is 0.519. The van der Waals surface area contributed by atoms with Crippen molar-refractivity contribution in [3.05, 3.63) is 71.0 Å². The Morgan fingerprint density at radius 3 is 2.28 bits per heavy atom. The molecule has 3 aromatic rings. The summed E-state index contributed by atoms with van der Waals surface area (Å²) in [6.07, 6.45) is 2.52. The van der Waals surface area contributed by atoms with Crippen LogP contribution < -0.4 is 5.32 Å². The Kier molecular flexibility index (Phi) is 7.47. The highest BCUT2D eigenvalue weighted by molar-refractivity contribution is 7.99. The average Bonchev–Trinajstić information content (AvgIpc) is 3.14. The molecule has 0 saturated carbocycles. The van der Waals surface area contributed by atoms with Crippen LogP contribution >= 0.6 is 11.8 Å². The van der Waals surface area contributed by atoms with Gasteiger partial charge in [0.1, 0.15) is 5.82 Å². The highest BCUT2D eigenvalue weighted by Crippen LogP contribution is 2.24. The maximum Gasteiger partial charge on any atom is 0.234 e. The lowest BCUT2D eigenvalue weighted by atomic mass is 10.0. The molecule has 152 valence electrons. The van der Waals surface area contributed by atoms with Crippen LogP contribution in [-0.4, -0.2) is 26.4 Å². The van der Waals surface area contributed by atoms with Crippen molar-refractivity contribution in [2.24, 2.45) is 0 Å². The Bertz CT molecular complexity index is 931. The molecule has 29 heavy (non-hydrogen) atoms. The summed E-state index contributed by atoms with van der Waals surface area (Å²) in [6, 6.07) is 16.4. The van der Waals surface area contributed by atoms with Gasteiger partial charge in [-0.25, -0.2) is 0 Å². The van der Waals surface area contributed by atoms with Gasteiger partial charge in [-0.3, -0.25) is 4.79 Å². The second kappa shape index (κ2) is 10.3. The number of aryl methyl sites for hydroxylation is 2. The summed E-state index contributed by atoms with van der Waals surface area (Å²) in [5.41, 5.74) is 4.51. The fourth-order valence-electron chi connectivity index (χ4n) is 3.36. The number of carbonyl (C=O) groups is 1. The summed E-state index contributed by atoms with van der Waals surface area (Å²) in [6.45, 7) is 7.07. The minimum absolute atomic E-state index is 0.0131. The van der Waals surface area contributed by atoms with E-state index in [0.29, 0.717) is 5.75 Å². The van der Waals surface area contributed by atoms with Crippen LogP contribution in [0.25, 0.3) is 0 Å². The van der Waals surface area contributed by atoms with Crippen molar-refractivity contribution < 1.29 is 4.79 Å². The van der Waals surface area contributed by atoms with E-state index in [1.54, 1.807) is 0 Å². The summed E-state index contributed by atoms with van der Waals surface area (Å²) in [5, 5.41) is 12.6. The lowest BCUT2D eigenvalue weighted by Crippen LogP contribution is -2.17. The number of rotatable bonds is 9. The van der Waals surface area contributed by atoms with E-state index >= 15 is 0 Å². The van der Waals surface area contributed by atoms with Crippen LogP contribution in [0.15, 0.2) is 53.7 Å². The molecular formula is C23H28N4OS. The van der Waals surface area contributed by atoms with Crippen LogP contribution in [0.3, 0.4) is 0 Å². The molecule has 6 heteroatoms. The van der Waals surface area contributed by atoms with Gasteiger partial charge in [0.2, 0.25) is 5.91 Å². The minimum atomic E-state index is -0.0131. The monoisotopic (exact) mass is 408 g/mol. The van der Waals surface area contributed by atoms with E-state index in [4.69, 9.17) is 0 Å². The molecule has 0 spiro atoms. The predicted molar refractivity (Wildman–Crippen MR) is 119 cm³/mol. The fraction of sp³-hybridized carbons (Fsp3) is 0.348. The van der Waals surface area contributed by atoms with Crippen LogP contribution in [0.5, 0.6) is 0 Å². The summed E-state index contributed by atoms with van der Waals surface area (Å²) in [7, 11) is 0. The number of nitrogens with one attached hydrogen (secondary N) is 1. The van der Waals surface area contributed by atoms with E-state index < -0.39 is 0 Å². The Hall–Kier alpha value is -2.60. The maximum atomic E-state index is 12.6. The van der Waals surface area contributed by atoms with Gasteiger partial charge in [0.25, 0.3) is 0 Å². The maximum absolute atomic E-state index is 12.6. The first-order valence-electron chi connectivity index (χ1n) is 10.2. The highest BCUT2D eigenvalue weighted by atomic mass is 32.2. The van der Waals surface area contributed by atoms with E-state index in [0.717, 1.165) is 42.5 Å². The molecule has 0 fully saturated rings. The van der Waals surface area contributed by atoms with E-state index in [-0.39, 0.29) is 5.91 Å². The summed E-state index contributed by atoms with van der Waals surface area (Å²) >= 11 is 1.43. The SMILES string of the molecule is CCc1cccc(CC)c1NC(=O)CSc1nnc(Cc2ccccc2)n1CC. The van der Waals surface area contributed by atoms with E-state index in [9.17, 15) is 4.79 Å². The molecule has 1 aromatic heterocycles. The number of nitrogens with zero attached hydrogens (tertiary/aromatic N) is 3. The van der Waals surface area contributed by atoms with Gasteiger partial charge in [-0.2, -0.15) is 0 Å². The van der Waals surface area contributed by atoms with E-state index in [2.05, 4.69) is 71.2 Å². The average molecular weight is 409 g/mol. The standard InChI is InChI=1S/C23H28N4OS/c1-4-18-13-10-14-19(5-2)22(18)24-21(28)16-29-23-26-25-20(27(23)6-3)15-17-11-8-7-9-12-17/h7-14H,4-6,15-16H2,1-3H3,(H,24,28). The molecule has 1 heterocycles. The number of benzene rings is 2. The van der Waals surface area contributed by atoms with Gasteiger partial charge in [-0.15, -0.1) is 10.2 Å². The molecule has 0 radical (unpaired) electrons. The number of thioether (sulfide) groups is 1. The molecule has 0 aliphatic rings. The highest BCUT2D eigenvalue weighted by Gasteiger charge is 2.15. The number of aromatic nitrogens is 3. The van der Waals surface area contributed by atoms with E-state index in [1.807, 2.05) is 18.2 Å². The number of para-hydroxylation sites is 1. The van der Waals surface area contributed by atoms with Gasteiger partial charge in [0, 0.05) is 18.7 Å². The van der Waals surface area contributed by atoms with Crippen LogP contribution in [0, 0.1) is 0 Å².